The molecule has 0 saturated heterocycles. The monoisotopic (exact) mass is 499 g/mol. The van der Waals surface area contributed by atoms with Gasteiger partial charge in [-0.25, -0.2) is 0 Å². The molecular weight excluding hydrogens is 470 g/mol. The molecule has 0 aliphatic heterocycles. The summed E-state index contributed by atoms with van der Waals surface area (Å²) in [5.74, 6) is 0.973. The summed E-state index contributed by atoms with van der Waals surface area (Å²) in [5.41, 5.74) is 1.59. The topological polar surface area (TPSA) is 119 Å². The summed E-state index contributed by atoms with van der Waals surface area (Å²) < 4.78 is 5.57. The van der Waals surface area contributed by atoms with Crippen LogP contribution in [0.1, 0.15) is 48.6 Å². The molecule has 190 valence electrons. The van der Waals surface area contributed by atoms with E-state index in [1.54, 1.807) is 35.5 Å². The van der Waals surface area contributed by atoms with Gasteiger partial charge in [-0.05, 0) is 60.4 Å². The molecule has 1 fully saturated rings. The first-order chi connectivity index (χ1) is 18.1. The van der Waals surface area contributed by atoms with Crippen molar-refractivity contribution in [3.05, 3.63) is 83.9 Å². The first-order valence-corrected chi connectivity index (χ1v) is 12.4. The zero-order valence-corrected chi connectivity index (χ0v) is 20.7. The number of tetrazole rings is 1. The Morgan fingerprint density at radius 2 is 1.84 bits per heavy atom. The van der Waals surface area contributed by atoms with Crippen molar-refractivity contribution in [3.63, 3.8) is 0 Å². The van der Waals surface area contributed by atoms with E-state index in [1.807, 2.05) is 43.3 Å². The van der Waals surface area contributed by atoms with Crippen LogP contribution in [0.3, 0.4) is 0 Å². The maximum absolute atomic E-state index is 13.8. The summed E-state index contributed by atoms with van der Waals surface area (Å²) >= 11 is 0. The van der Waals surface area contributed by atoms with Gasteiger partial charge in [0, 0.05) is 25.0 Å². The largest absolute Gasteiger partial charge is 0.458 e. The molecule has 3 heterocycles. The Labute approximate surface area is 214 Å². The molecule has 0 bridgehead atoms. The fraction of sp³-hybridized carbons (Fsp3) is 0.333. The third-order valence-corrected chi connectivity index (χ3v) is 6.49. The number of aromatic nitrogens is 5. The molecule has 3 aromatic heterocycles. The second-order valence-corrected chi connectivity index (χ2v) is 9.23. The second kappa shape index (κ2) is 11.2. The van der Waals surface area contributed by atoms with Crippen LogP contribution in [0.25, 0.3) is 11.6 Å². The number of carbonyl (C=O) groups excluding carboxylic acids is 2. The number of benzene rings is 1. The Bertz CT molecular complexity index is 1330. The Kier molecular flexibility index (Phi) is 7.34. The molecule has 2 amide bonds. The van der Waals surface area contributed by atoms with Gasteiger partial charge < -0.3 is 14.6 Å². The molecule has 1 aromatic carbocycles. The van der Waals surface area contributed by atoms with Gasteiger partial charge in [-0.1, -0.05) is 43.2 Å². The minimum absolute atomic E-state index is 0.113. The van der Waals surface area contributed by atoms with Crippen LogP contribution in [0.5, 0.6) is 0 Å². The van der Waals surface area contributed by atoms with Crippen LogP contribution >= 0.6 is 0 Å². The molecule has 4 aromatic rings. The summed E-state index contributed by atoms with van der Waals surface area (Å²) in [6.07, 6.45) is 7.33. The van der Waals surface area contributed by atoms with Crippen molar-refractivity contribution in [1.82, 2.24) is 35.4 Å². The number of hydrogen-bond donors (Lipinski definition) is 1. The lowest BCUT2D eigenvalue weighted by atomic mass is 10.0. The van der Waals surface area contributed by atoms with Crippen LogP contribution in [-0.4, -0.2) is 47.9 Å². The zero-order chi connectivity index (χ0) is 25.6. The lowest BCUT2D eigenvalue weighted by molar-refractivity contribution is -0.142. The lowest BCUT2D eigenvalue weighted by Crippen LogP contribution is -2.46. The maximum atomic E-state index is 13.8. The van der Waals surface area contributed by atoms with Crippen LogP contribution in [-0.2, 0) is 22.7 Å². The summed E-state index contributed by atoms with van der Waals surface area (Å²) in [6.45, 7) is 1.89. The average Bonchev–Trinajstić information content (AvgIpc) is 3.68. The first kappa shape index (κ1) is 24.4. The van der Waals surface area contributed by atoms with E-state index < -0.39 is 6.04 Å². The third-order valence-electron chi connectivity index (χ3n) is 6.49. The number of aryl methyl sites for hydroxylation is 1. The summed E-state index contributed by atoms with van der Waals surface area (Å²) in [5, 5.41) is 15.6. The molecule has 1 saturated carbocycles. The minimum Gasteiger partial charge on any atom is -0.458 e. The highest BCUT2D eigenvalue weighted by atomic mass is 16.3. The van der Waals surface area contributed by atoms with E-state index >= 15 is 0 Å². The molecule has 37 heavy (non-hydrogen) atoms. The van der Waals surface area contributed by atoms with E-state index in [0.717, 1.165) is 37.0 Å². The standard InChI is InChI=1S/C27H29N7O3/c1-19-11-12-23(37-19)26-30-32-34(31-26)18-24(35)33(17-20-7-3-2-4-8-20)25(21-13-15-28-16-14-21)27(36)29-22-9-5-6-10-22/h2-4,7-8,11-16,22,25H,5-6,9-10,17-18H2,1H3,(H,29,36)/t25-/m1/s1. The van der Waals surface area contributed by atoms with Crippen molar-refractivity contribution < 1.29 is 14.0 Å². The van der Waals surface area contributed by atoms with E-state index in [2.05, 4.69) is 25.7 Å². The highest BCUT2D eigenvalue weighted by Crippen LogP contribution is 2.26. The minimum atomic E-state index is -0.841. The van der Waals surface area contributed by atoms with Crippen LogP contribution in [0, 0.1) is 6.92 Å². The number of amides is 2. The summed E-state index contributed by atoms with van der Waals surface area (Å²) in [7, 11) is 0. The highest BCUT2D eigenvalue weighted by molar-refractivity contribution is 5.88. The zero-order valence-electron chi connectivity index (χ0n) is 20.7. The van der Waals surface area contributed by atoms with E-state index in [1.165, 1.54) is 4.80 Å². The van der Waals surface area contributed by atoms with Gasteiger partial charge in [0.2, 0.25) is 17.6 Å². The van der Waals surface area contributed by atoms with Gasteiger partial charge in [0.25, 0.3) is 0 Å². The van der Waals surface area contributed by atoms with Crippen molar-refractivity contribution >= 4 is 11.8 Å². The third kappa shape index (κ3) is 5.91. The fourth-order valence-electron chi connectivity index (χ4n) is 4.65. The van der Waals surface area contributed by atoms with E-state index in [0.29, 0.717) is 17.1 Å². The van der Waals surface area contributed by atoms with Gasteiger partial charge in [0.1, 0.15) is 18.3 Å². The van der Waals surface area contributed by atoms with Gasteiger partial charge in [-0.3, -0.25) is 14.6 Å². The maximum Gasteiger partial charge on any atom is 0.247 e. The number of hydrogen-bond acceptors (Lipinski definition) is 7. The van der Waals surface area contributed by atoms with Crippen molar-refractivity contribution in [2.75, 3.05) is 0 Å². The van der Waals surface area contributed by atoms with Crippen molar-refractivity contribution in [2.24, 2.45) is 0 Å². The molecular formula is C27H29N7O3. The van der Waals surface area contributed by atoms with Crippen molar-refractivity contribution in [1.29, 1.82) is 0 Å². The molecule has 1 atom stereocenters. The quantitative estimate of drug-likeness (QED) is 0.374. The molecule has 5 rings (SSSR count). The lowest BCUT2D eigenvalue weighted by Gasteiger charge is -2.32. The van der Waals surface area contributed by atoms with Crippen LogP contribution in [0.4, 0.5) is 0 Å². The predicted molar refractivity (Wildman–Crippen MR) is 135 cm³/mol. The van der Waals surface area contributed by atoms with E-state index in [-0.39, 0.29) is 30.9 Å². The highest BCUT2D eigenvalue weighted by Gasteiger charge is 2.33. The first-order valence-electron chi connectivity index (χ1n) is 12.4. The van der Waals surface area contributed by atoms with Gasteiger partial charge in [0.05, 0.1) is 0 Å². The van der Waals surface area contributed by atoms with E-state index in [9.17, 15) is 9.59 Å². The van der Waals surface area contributed by atoms with Gasteiger partial charge in [0.15, 0.2) is 5.76 Å². The van der Waals surface area contributed by atoms with Crippen LogP contribution in [0.2, 0.25) is 0 Å². The Morgan fingerprint density at radius 1 is 1.08 bits per heavy atom. The van der Waals surface area contributed by atoms with Crippen LogP contribution in [0.15, 0.2) is 71.4 Å². The number of nitrogens with one attached hydrogen (secondary N) is 1. The number of rotatable bonds is 9. The van der Waals surface area contributed by atoms with Crippen LogP contribution < -0.4 is 5.32 Å². The molecule has 10 heteroatoms. The Morgan fingerprint density at radius 3 is 2.54 bits per heavy atom. The average molecular weight is 500 g/mol. The van der Waals surface area contributed by atoms with E-state index in [4.69, 9.17) is 4.42 Å². The molecule has 1 aliphatic carbocycles. The summed E-state index contributed by atoms with van der Waals surface area (Å²) in [4.78, 5) is 34.4. The van der Waals surface area contributed by atoms with Gasteiger partial charge in [-0.15, -0.1) is 10.2 Å². The predicted octanol–water partition coefficient (Wildman–Crippen LogP) is 3.47. The molecule has 0 spiro atoms. The number of furan rings is 1. The van der Waals surface area contributed by atoms with Gasteiger partial charge in [-0.2, -0.15) is 4.80 Å². The molecule has 0 radical (unpaired) electrons. The molecule has 10 nitrogen and oxygen atoms in total. The fourth-order valence-corrected chi connectivity index (χ4v) is 4.65. The Balaban J connectivity index is 1.45. The number of nitrogens with zero attached hydrogens (tertiary/aromatic N) is 6. The van der Waals surface area contributed by atoms with Crippen molar-refractivity contribution in [2.45, 2.75) is 57.8 Å². The number of carbonyl (C=O) groups is 2. The summed E-state index contributed by atoms with van der Waals surface area (Å²) in [6, 6.07) is 16.0. The van der Waals surface area contributed by atoms with Crippen molar-refractivity contribution in [3.8, 4) is 11.6 Å². The molecule has 0 unspecified atom stereocenters. The normalized spacial score (nSPS) is 14.4. The SMILES string of the molecule is Cc1ccc(-c2nnn(CC(=O)N(Cc3ccccc3)[C@@H](C(=O)NC3CCCC3)c3ccncc3)n2)o1. The Hall–Kier alpha value is -4.34. The van der Waals surface area contributed by atoms with Gasteiger partial charge >= 0.3 is 0 Å². The smallest absolute Gasteiger partial charge is 0.247 e. The molecule has 1 N–H and O–H groups in total. The number of pyridine rings is 1. The molecule has 1 aliphatic rings. The second-order valence-electron chi connectivity index (χ2n) is 9.23.